The van der Waals surface area contributed by atoms with Gasteiger partial charge in [0.05, 0.1) is 32.8 Å². The molecule has 0 atom stereocenters. The number of ether oxygens (including phenoxy) is 3. The first-order chi connectivity index (χ1) is 17.6. The van der Waals surface area contributed by atoms with Gasteiger partial charge in [0.2, 0.25) is 0 Å². The number of aromatic nitrogens is 4. The van der Waals surface area contributed by atoms with E-state index in [0.29, 0.717) is 39.5 Å². The van der Waals surface area contributed by atoms with Gasteiger partial charge in [-0.15, -0.1) is 10.2 Å². The first-order valence-corrected chi connectivity index (χ1v) is 12.2. The molecule has 5 aromatic rings. The molecule has 0 bridgehead atoms. The molecule has 0 saturated carbocycles. The predicted octanol–water partition coefficient (Wildman–Crippen LogP) is 5.42. The van der Waals surface area contributed by atoms with Crippen molar-refractivity contribution in [3.8, 4) is 34.3 Å². The maximum absolute atomic E-state index is 12.9. The Kier molecular flexibility index (Phi) is 6.64. The number of hydrogen-bond donors (Lipinski definition) is 1. The van der Waals surface area contributed by atoms with Gasteiger partial charge in [-0.25, -0.2) is 0 Å². The van der Waals surface area contributed by atoms with Crippen LogP contribution in [0.3, 0.4) is 0 Å². The van der Waals surface area contributed by atoms with Crippen LogP contribution in [-0.2, 0) is 0 Å². The molecule has 2 heterocycles. The van der Waals surface area contributed by atoms with Gasteiger partial charge in [-0.05, 0) is 42.5 Å². The van der Waals surface area contributed by atoms with Crippen LogP contribution in [0.25, 0.3) is 28.0 Å². The van der Waals surface area contributed by atoms with Crippen molar-refractivity contribution in [3.05, 3.63) is 78.5 Å². The summed E-state index contributed by atoms with van der Waals surface area (Å²) >= 11 is 1.31. The third-order valence-corrected chi connectivity index (χ3v) is 6.76. The molecule has 0 unspecified atom stereocenters. The number of benzene rings is 3. The van der Waals surface area contributed by atoms with Gasteiger partial charge in [0.1, 0.15) is 17.2 Å². The number of aromatic amines is 1. The van der Waals surface area contributed by atoms with E-state index in [1.54, 1.807) is 45.6 Å². The minimum atomic E-state index is -0.0246. The summed E-state index contributed by atoms with van der Waals surface area (Å²) in [7, 11) is 4.82. The number of ketones is 1. The van der Waals surface area contributed by atoms with E-state index < -0.39 is 0 Å². The maximum atomic E-state index is 12.9. The minimum Gasteiger partial charge on any atom is -0.497 e. The van der Waals surface area contributed by atoms with Gasteiger partial charge in [-0.1, -0.05) is 30.0 Å². The highest BCUT2D eigenvalue weighted by Crippen LogP contribution is 2.37. The summed E-state index contributed by atoms with van der Waals surface area (Å²) in [6.45, 7) is 0. The van der Waals surface area contributed by atoms with Gasteiger partial charge in [0.15, 0.2) is 16.8 Å². The van der Waals surface area contributed by atoms with Crippen molar-refractivity contribution in [1.82, 2.24) is 19.7 Å². The summed E-state index contributed by atoms with van der Waals surface area (Å²) in [5.74, 6) is 2.77. The lowest BCUT2D eigenvalue weighted by molar-refractivity contribution is 0.102. The third kappa shape index (κ3) is 4.40. The Bertz CT molecular complexity index is 1520. The fourth-order valence-corrected chi connectivity index (χ4v) is 4.81. The Hall–Kier alpha value is -4.24. The Morgan fingerprint density at radius 3 is 2.42 bits per heavy atom. The van der Waals surface area contributed by atoms with Crippen LogP contribution >= 0.6 is 11.8 Å². The second kappa shape index (κ2) is 10.2. The molecule has 0 aliphatic rings. The number of rotatable bonds is 9. The van der Waals surface area contributed by atoms with Crippen molar-refractivity contribution in [2.45, 2.75) is 5.16 Å². The molecule has 0 saturated heterocycles. The molecule has 36 heavy (non-hydrogen) atoms. The molecular formula is C27H24N4O4S. The van der Waals surface area contributed by atoms with Crippen LogP contribution in [0, 0.1) is 0 Å². The largest absolute Gasteiger partial charge is 0.497 e. The summed E-state index contributed by atoms with van der Waals surface area (Å²) < 4.78 is 18.2. The number of methoxy groups -OCH3 is 3. The van der Waals surface area contributed by atoms with E-state index in [1.807, 2.05) is 53.2 Å². The normalized spacial score (nSPS) is 11.0. The van der Waals surface area contributed by atoms with E-state index in [4.69, 9.17) is 14.2 Å². The van der Waals surface area contributed by atoms with Crippen molar-refractivity contribution in [3.63, 3.8) is 0 Å². The minimum absolute atomic E-state index is 0.0246. The molecule has 182 valence electrons. The number of nitrogens with one attached hydrogen (secondary N) is 1. The number of nitrogens with zero attached hydrogens (tertiary/aromatic N) is 3. The lowest BCUT2D eigenvalue weighted by Crippen LogP contribution is -2.06. The Morgan fingerprint density at radius 2 is 1.67 bits per heavy atom. The van der Waals surface area contributed by atoms with Gasteiger partial charge < -0.3 is 19.2 Å². The van der Waals surface area contributed by atoms with Crippen molar-refractivity contribution in [2.24, 2.45) is 0 Å². The standard InChI is InChI=1S/C27H24N4O4S/c1-33-18-10-8-17(9-11-18)24(32)16-36-27-30-29-26(21-15-28-22-7-5-4-6-20(21)22)31(27)23-14-19(34-2)12-13-25(23)35-3/h4-15,28H,16H2,1-3H3. The number of H-pyrrole nitrogens is 1. The fourth-order valence-electron chi connectivity index (χ4n) is 3.97. The second-order valence-electron chi connectivity index (χ2n) is 7.87. The van der Waals surface area contributed by atoms with Crippen molar-refractivity contribution in [2.75, 3.05) is 27.1 Å². The van der Waals surface area contributed by atoms with Crippen molar-refractivity contribution >= 4 is 28.4 Å². The molecule has 9 heteroatoms. The molecule has 5 rings (SSSR count). The number of para-hydroxylation sites is 1. The van der Waals surface area contributed by atoms with E-state index in [-0.39, 0.29) is 11.5 Å². The van der Waals surface area contributed by atoms with Crippen molar-refractivity contribution < 1.29 is 19.0 Å². The topological polar surface area (TPSA) is 91.3 Å². The molecular weight excluding hydrogens is 476 g/mol. The first kappa shape index (κ1) is 23.5. The van der Waals surface area contributed by atoms with E-state index in [0.717, 1.165) is 16.5 Å². The fraction of sp³-hybridized carbons (Fsp3) is 0.148. The molecule has 0 radical (unpaired) electrons. The number of thioether (sulfide) groups is 1. The Labute approximate surface area is 212 Å². The van der Waals surface area contributed by atoms with E-state index >= 15 is 0 Å². The summed E-state index contributed by atoms with van der Waals surface area (Å²) in [6, 6.07) is 20.6. The van der Waals surface area contributed by atoms with Crippen LogP contribution in [-0.4, -0.2) is 52.6 Å². The Morgan fingerprint density at radius 1 is 0.917 bits per heavy atom. The van der Waals surface area contributed by atoms with E-state index in [1.165, 1.54) is 11.8 Å². The zero-order valence-electron chi connectivity index (χ0n) is 20.0. The number of carbonyl (C=O) groups is 1. The highest BCUT2D eigenvalue weighted by Gasteiger charge is 2.22. The second-order valence-corrected chi connectivity index (χ2v) is 8.81. The third-order valence-electron chi connectivity index (χ3n) is 5.83. The molecule has 1 N–H and O–H groups in total. The molecule has 3 aromatic carbocycles. The average molecular weight is 501 g/mol. The lowest BCUT2D eigenvalue weighted by atomic mass is 10.1. The summed E-state index contributed by atoms with van der Waals surface area (Å²) in [4.78, 5) is 16.2. The SMILES string of the molecule is COc1ccc(C(=O)CSc2nnc(-c3c[nH]c4ccccc34)n2-c2cc(OC)ccc2OC)cc1. The number of fused-ring (bicyclic) bond motifs is 1. The van der Waals surface area contributed by atoms with Crippen LogP contribution in [0.5, 0.6) is 17.2 Å². The predicted molar refractivity (Wildman–Crippen MR) is 140 cm³/mol. The highest BCUT2D eigenvalue weighted by atomic mass is 32.2. The molecule has 0 aliphatic heterocycles. The zero-order chi connectivity index (χ0) is 25.1. The number of carbonyl (C=O) groups excluding carboxylic acids is 1. The van der Waals surface area contributed by atoms with Crippen molar-refractivity contribution in [1.29, 1.82) is 0 Å². The molecule has 8 nitrogen and oxygen atoms in total. The maximum Gasteiger partial charge on any atom is 0.196 e. The first-order valence-electron chi connectivity index (χ1n) is 11.2. The van der Waals surface area contributed by atoms with Gasteiger partial charge in [-0.2, -0.15) is 0 Å². The molecule has 2 aromatic heterocycles. The molecule has 0 aliphatic carbocycles. The Balaban J connectivity index is 1.58. The summed E-state index contributed by atoms with van der Waals surface area (Å²) in [5, 5.41) is 10.6. The molecule has 0 amide bonds. The van der Waals surface area contributed by atoms with Gasteiger partial charge in [0.25, 0.3) is 0 Å². The van der Waals surface area contributed by atoms with E-state index in [2.05, 4.69) is 15.2 Å². The number of hydrogen-bond acceptors (Lipinski definition) is 7. The van der Waals surface area contributed by atoms with Crippen LogP contribution in [0.1, 0.15) is 10.4 Å². The van der Waals surface area contributed by atoms with Crippen LogP contribution in [0.2, 0.25) is 0 Å². The van der Waals surface area contributed by atoms with Crippen LogP contribution < -0.4 is 14.2 Å². The number of Topliss-reactive ketones (excluding diaryl/α,β-unsaturated/α-hetero) is 1. The summed E-state index contributed by atoms with van der Waals surface area (Å²) in [6.07, 6.45) is 1.91. The molecule has 0 spiro atoms. The van der Waals surface area contributed by atoms with Gasteiger partial charge >= 0.3 is 0 Å². The van der Waals surface area contributed by atoms with Crippen LogP contribution in [0.15, 0.2) is 78.1 Å². The lowest BCUT2D eigenvalue weighted by Gasteiger charge is -2.15. The smallest absolute Gasteiger partial charge is 0.196 e. The quantitative estimate of drug-likeness (QED) is 0.214. The van der Waals surface area contributed by atoms with Gasteiger partial charge in [0, 0.05) is 34.3 Å². The highest BCUT2D eigenvalue weighted by molar-refractivity contribution is 7.99. The summed E-state index contributed by atoms with van der Waals surface area (Å²) in [5.41, 5.74) is 3.19. The monoisotopic (exact) mass is 500 g/mol. The van der Waals surface area contributed by atoms with E-state index in [9.17, 15) is 4.79 Å². The average Bonchev–Trinajstić information content (AvgIpc) is 3.55. The van der Waals surface area contributed by atoms with Gasteiger partial charge in [-0.3, -0.25) is 9.36 Å². The van der Waals surface area contributed by atoms with Crippen LogP contribution in [0.4, 0.5) is 0 Å². The zero-order valence-corrected chi connectivity index (χ0v) is 20.8. The molecule has 0 fully saturated rings.